The number of benzene rings is 3. The average Bonchev–Trinajstić information content (AvgIpc) is 2.83. The summed E-state index contributed by atoms with van der Waals surface area (Å²) in [6.45, 7) is 7.16. The van der Waals surface area contributed by atoms with Gasteiger partial charge in [0.25, 0.3) is 0 Å². The Morgan fingerprint density at radius 2 is 1.22 bits per heavy atom. The molecule has 0 radical (unpaired) electrons. The van der Waals surface area contributed by atoms with E-state index in [1.165, 1.54) is 24.3 Å². The highest BCUT2D eigenvalue weighted by molar-refractivity contribution is 5.76. The zero-order chi connectivity index (χ0) is 24.2. The van der Waals surface area contributed by atoms with E-state index in [0.29, 0.717) is 13.0 Å². The van der Waals surface area contributed by atoms with E-state index in [4.69, 9.17) is 0 Å². The van der Waals surface area contributed by atoms with E-state index in [0.717, 1.165) is 35.1 Å². The van der Waals surface area contributed by atoms with Crippen LogP contribution in [-0.2, 0) is 17.9 Å². The number of nitrogens with one attached hydrogen (secondary N) is 2. The van der Waals surface area contributed by atoms with E-state index in [-0.39, 0.29) is 11.6 Å². The number of carbonyl (C=O) groups is 2. The van der Waals surface area contributed by atoms with Crippen molar-refractivity contribution in [2.75, 3.05) is 7.05 Å². The number of aldehydes is 1. The lowest BCUT2D eigenvalue weighted by molar-refractivity contribution is -0.109. The van der Waals surface area contributed by atoms with Gasteiger partial charge in [-0.1, -0.05) is 62.4 Å². The van der Waals surface area contributed by atoms with Gasteiger partial charge in [0.1, 0.15) is 17.9 Å². The van der Waals surface area contributed by atoms with Crippen LogP contribution in [0.3, 0.4) is 0 Å². The summed E-state index contributed by atoms with van der Waals surface area (Å²) >= 11 is 0. The number of carbonyl (C=O) groups excluding carboxylic acids is 2. The van der Waals surface area contributed by atoms with Crippen molar-refractivity contribution in [3.8, 4) is 0 Å². The van der Waals surface area contributed by atoms with Gasteiger partial charge in [0.05, 0.1) is 0 Å². The van der Waals surface area contributed by atoms with Crippen molar-refractivity contribution in [1.82, 2.24) is 10.6 Å². The Bertz CT molecular complexity index is 883. The van der Waals surface area contributed by atoms with Crippen LogP contribution < -0.4 is 10.6 Å². The van der Waals surface area contributed by atoms with Crippen molar-refractivity contribution in [1.29, 1.82) is 0 Å². The second-order valence-electron chi connectivity index (χ2n) is 6.26. The predicted octanol–water partition coefficient (Wildman–Crippen LogP) is 5.45. The number of aryl methyl sites for hydroxylation is 1. The second kappa shape index (κ2) is 18.4. The molecule has 0 aliphatic carbocycles. The highest BCUT2D eigenvalue weighted by Gasteiger charge is 1.92. The van der Waals surface area contributed by atoms with Gasteiger partial charge in [-0.3, -0.25) is 9.59 Å². The van der Waals surface area contributed by atoms with Gasteiger partial charge < -0.3 is 10.6 Å². The van der Waals surface area contributed by atoms with E-state index < -0.39 is 0 Å². The maximum Gasteiger partial charge on any atom is 0.207 e. The summed E-state index contributed by atoms with van der Waals surface area (Å²) in [7, 11) is 1.86. The summed E-state index contributed by atoms with van der Waals surface area (Å²) in [5, 5.41) is 5.46. The van der Waals surface area contributed by atoms with Gasteiger partial charge >= 0.3 is 0 Å². The first kappa shape index (κ1) is 28.6. The summed E-state index contributed by atoms with van der Waals surface area (Å²) in [5.41, 5.74) is 3.80. The van der Waals surface area contributed by atoms with Gasteiger partial charge in [0.2, 0.25) is 6.41 Å². The summed E-state index contributed by atoms with van der Waals surface area (Å²) in [5.74, 6) is -0.445. The van der Waals surface area contributed by atoms with E-state index in [1.807, 2.05) is 52.1 Å². The molecule has 4 nitrogen and oxygen atoms in total. The Labute approximate surface area is 189 Å². The molecule has 0 aliphatic heterocycles. The van der Waals surface area contributed by atoms with E-state index in [1.54, 1.807) is 24.3 Å². The first-order valence-electron chi connectivity index (χ1n) is 10.3. The van der Waals surface area contributed by atoms with Crippen LogP contribution in [0.5, 0.6) is 0 Å². The van der Waals surface area contributed by atoms with Crippen molar-refractivity contribution < 1.29 is 18.4 Å². The van der Waals surface area contributed by atoms with Crippen molar-refractivity contribution in [3.63, 3.8) is 0 Å². The number of hydrogen-bond acceptors (Lipinski definition) is 3. The summed E-state index contributed by atoms with van der Waals surface area (Å²) in [4.78, 5) is 20.1. The quantitative estimate of drug-likeness (QED) is 0.499. The molecule has 6 heteroatoms. The summed E-state index contributed by atoms with van der Waals surface area (Å²) in [6.07, 6.45) is 1.48. The van der Waals surface area contributed by atoms with Crippen molar-refractivity contribution >= 4 is 12.7 Å². The zero-order valence-corrected chi connectivity index (χ0v) is 19.1. The van der Waals surface area contributed by atoms with Crippen LogP contribution in [0.2, 0.25) is 0 Å². The van der Waals surface area contributed by atoms with Crippen LogP contribution in [0.25, 0.3) is 0 Å². The number of rotatable bonds is 6. The smallest absolute Gasteiger partial charge is 0.207 e. The van der Waals surface area contributed by atoms with Crippen LogP contribution in [-0.4, -0.2) is 19.7 Å². The van der Waals surface area contributed by atoms with Gasteiger partial charge in [-0.15, -0.1) is 0 Å². The fourth-order valence-electron chi connectivity index (χ4n) is 2.29. The van der Waals surface area contributed by atoms with Gasteiger partial charge in [-0.25, -0.2) is 8.78 Å². The molecule has 0 aliphatic rings. The molecule has 0 fully saturated rings. The monoisotopic (exact) mass is 442 g/mol. The predicted molar refractivity (Wildman–Crippen MR) is 126 cm³/mol. The van der Waals surface area contributed by atoms with Gasteiger partial charge in [0, 0.05) is 18.7 Å². The lowest BCUT2D eigenvalue weighted by atomic mass is 10.1. The Hall–Kier alpha value is -3.38. The molecule has 0 unspecified atom stereocenters. The molecule has 1 amide bonds. The maximum atomic E-state index is 12.3. The van der Waals surface area contributed by atoms with E-state index >= 15 is 0 Å². The normalized spacial score (nSPS) is 8.94. The molecular formula is C26H32F2N2O2. The molecular weight excluding hydrogens is 410 g/mol. The molecule has 0 saturated heterocycles. The zero-order valence-electron chi connectivity index (χ0n) is 19.1. The molecule has 0 atom stereocenters. The summed E-state index contributed by atoms with van der Waals surface area (Å²) < 4.78 is 24.6. The van der Waals surface area contributed by atoms with Crippen molar-refractivity contribution in [3.05, 3.63) is 107 Å². The van der Waals surface area contributed by atoms with E-state index in [9.17, 15) is 18.4 Å². The van der Waals surface area contributed by atoms with Crippen molar-refractivity contribution in [2.24, 2.45) is 0 Å². The van der Waals surface area contributed by atoms with Crippen molar-refractivity contribution in [2.45, 2.75) is 33.9 Å². The second-order valence-corrected chi connectivity index (χ2v) is 6.26. The third kappa shape index (κ3) is 13.0. The first-order chi connectivity index (χ1) is 15.5. The third-order valence-electron chi connectivity index (χ3n) is 3.91. The molecule has 32 heavy (non-hydrogen) atoms. The standard InChI is InChI=1S/C8H8FNO.C8H10FN.C8H8O.C2H6/c9-8-3-1-7(2-4-8)5-10-6-11;1-10-6-7-2-4-8(9)5-3-7;1-7-4-2-3-5-8(7)6-9;1-2/h1-4,6H,5H2,(H,10,11);2-5,10H,6H2,1H3;2-6H,1H3;1-2H3. The minimum atomic E-state index is -0.264. The molecule has 0 spiro atoms. The number of amides is 1. The molecule has 0 saturated carbocycles. The molecule has 0 heterocycles. The topological polar surface area (TPSA) is 58.2 Å². The third-order valence-corrected chi connectivity index (χ3v) is 3.91. The Morgan fingerprint density at radius 1 is 0.750 bits per heavy atom. The van der Waals surface area contributed by atoms with Crippen LogP contribution in [0.4, 0.5) is 8.78 Å². The summed E-state index contributed by atoms with van der Waals surface area (Å²) in [6, 6.07) is 20.0. The highest BCUT2D eigenvalue weighted by atomic mass is 19.1. The maximum absolute atomic E-state index is 12.3. The lowest BCUT2D eigenvalue weighted by Gasteiger charge is -1.97. The minimum Gasteiger partial charge on any atom is -0.355 e. The molecule has 3 aromatic carbocycles. The molecule has 0 bridgehead atoms. The molecule has 0 aromatic heterocycles. The van der Waals surface area contributed by atoms with E-state index in [2.05, 4.69) is 10.6 Å². The Morgan fingerprint density at radius 3 is 1.59 bits per heavy atom. The number of hydrogen-bond donors (Lipinski definition) is 2. The van der Waals surface area contributed by atoms with Gasteiger partial charge in [0.15, 0.2) is 0 Å². The fourth-order valence-corrected chi connectivity index (χ4v) is 2.29. The van der Waals surface area contributed by atoms with Crippen LogP contribution >= 0.6 is 0 Å². The average molecular weight is 443 g/mol. The Kier molecular flexibility index (Phi) is 16.5. The first-order valence-corrected chi connectivity index (χ1v) is 10.3. The van der Waals surface area contributed by atoms with Crippen LogP contribution in [0, 0.1) is 18.6 Å². The lowest BCUT2D eigenvalue weighted by Crippen LogP contribution is -2.09. The molecule has 3 rings (SSSR count). The minimum absolute atomic E-state index is 0.181. The molecule has 172 valence electrons. The Balaban J connectivity index is 0.000000435. The van der Waals surface area contributed by atoms with Gasteiger partial charge in [-0.2, -0.15) is 0 Å². The highest BCUT2D eigenvalue weighted by Crippen LogP contribution is 2.03. The molecule has 3 aromatic rings. The largest absolute Gasteiger partial charge is 0.355 e. The SMILES string of the molecule is CC.CNCc1ccc(F)cc1.Cc1ccccc1C=O.O=CNCc1ccc(F)cc1. The van der Waals surface area contributed by atoms with Gasteiger partial charge in [-0.05, 0) is 54.9 Å². The van der Waals surface area contributed by atoms with Crippen LogP contribution in [0.15, 0.2) is 72.8 Å². The molecule has 2 N–H and O–H groups in total. The van der Waals surface area contributed by atoms with Crippen LogP contribution in [0.1, 0.15) is 40.9 Å². The fraction of sp³-hybridized carbons (Fsp3) is 0.231. The number of halogens is 2.